The van der Waals surface area contributed by atoms with E-state index in [2.05, 4.69) is 52.2 Å². The van der Waals surface area contributed by atoms with Crippen LogP contribution in [0.1, 0.15) is 20.8 Å². The Labute approximate surface area is 91.5 Å². The first kappa shape index (κ1) is 13.1. The normalized spacial score (nSPS) is 15.2. The summed E-state index contributed by atoms with van der Waals surface area (Å²) in [6.45, 7) is 6.53. The van der Waals surface area contributed by atoms with Gasteiger partial charge in [0.15, 0.2) is 0 Å². The van der Waals surface area contributed by atoms with Crippen molar-refractivity contribution in [3.63, 3.8) is 0 Å². The summed E-state index contributed by atoms with van der Waals surface area (Å²) in [6, 6.07) is 0. The van der Waals surface area contributed by atoms with Gasteiger partial charge in [-0.05, 0) is 0 Å². The molecule has 0 aliphatic carbocycles. The van der Waals surface area contributed by atoms with Crippen LogP contribution in [0.3, 0.4) is 0 Å². The molecule has 0 amide bonds. The monoisotopic (exact) mass is 318 g/mol. The predicted molar refractivity (Wildman–Crippen MR) is 66.3 cm³/mol. The van der Waals surface area contributed by atoms with Crippen molar-refractivity contribution in [2.75, 3.05) is 24.6 Å². The molecule has 4 heteroatoms. The Morgan fingerprint density at radius 1 is 1.17 bits per heavy atom. The van der Waals surface area contributed by atoms with E-state index in [-0.39, 0.29) is 4.69 Å². The summed E-state index contributed by atoms with van der Waals surface area (Å²) in [4.78, 5) is 11.1. The van der Waals surface area contributed by atoms with Crippen molar-refractivity contribution < 1.29 is 4.79 Å². The molecular weight excluding hydrogens is 303 g/mol. The van der Waals surface area contributed by atoms with E-state index in [1.807, 2.05) is 0 Å². The Morgan fingerprint density at radius 3 is 1.58 bits per heavy atom. The van der Waals surface area contributed by atoms with Crippen LogP contribution >= 0.6 is 36.7 Å². The molecule has 0 aliphatic heterocycles. The van der Waals surface area contributed by atoms with Crippen LogP contribution in [0, 0.1) is 0 Å². The van der Waals surface area contributed by atoms with E-state index in [1.165, 1.54) is 0 Å². The maximum absolute atomic E-state index is 11.1. The van der Waals surface area contributed by atoms with Crippen molar-refractivity contribution in [1.82, 2.24) is 0 Å². The van der Waals surface area contributed by atoms with Gasteiger partial charge in [-0.15, -0.1) is 0 Å². The molecule has 0 aromatic heterocycles. The van der Waals surface area contributed by atoms with Gasteiger partial charge in [0.1, 0.15) is 0 Å². The number of hydrogen-bond donors (Lipinski definition) is 0. The number of hydrogen-bond acceptors (Lipinski definition) is 1. The van der Waals surface area contributed by atoms with Gasteiger partial charge in [0.05, 0.1) is 0 Å². The Bertz CT molecular complexity index is 167. The van der Waals surface area contributed by atoms with E-state index in [1.54, 1.807) is 0 Å². The second-order valence-electron chi connectivity index (χ2n) is 3.28. The third-order valence-corrected chi connectivity index (χ3v) is 14.7. The molecule has 0 aliphatic rings. The summed E-state index contributed by atoms with van der Waals surface area (Å²) in [5, 5.41) is -1.83. The molecule has 0 aromatic carbocycles. The molecule has 1 nitrogen and oxygen atoms in total. The van der Waals surface area contributed by atoms with E-state index >= 15 is 0 Å². The fourth-order valence-electron chi connectivity index (χ4n) is 1.32. The van der Waals surface area contributed by atoms with Crippen molar-refractivity contribution in [3.05, 3.63) is 0 Å². The molecule has 0 atom stereocenters. The van der Waals surface area contributed by atoms with Gasteiger partial charge in [0.2, 0.25) is 0 Å². The molecule has 0 heterocycles. The average molecular weight is 320 g/mol. The maximum atomic E-state index is 11.1. The van der Waals surface area contributed by atoms with Gasteiger partial charge < -0.3 is 0 Å². The van der Waals surface area contributed by atoms with Crippen LogP contribution in [0.25, 0.3) is 0 Å². The van der Waals surface area contributed by atoms with Gasteiger partial charge >= 0.3 is 91.6 Å². The molecule has 0 saturated carbocycles. The third-order valence-electron chi connectivity index (χ3n) is 2.89. The van der Waals surface area contributed by atoms with Crippen LogP contribution in [0.15, 0.2) is 0 Å². The third kappa shape index (κ3) is 3.08. The van der Waals surface area contributed by atoms with Crippen molar-refractivity contribution >= 4 is 41.4 Å². The number of rotatable bonds is 5. The van der Waals surface area contributed by atoms with Crippen LogP contribution in [-0.2, 0) is 4.79 Å². The quantitative estimate of drug-likeness (QED) is 0.556. The molecule has 12 heavy (non-hydrogen) atoms. The second-order valence-corrected chi connectivity index (χ2v) is 16.0. The van der Waals surface area contributed by atoms with Gasteiger partial charge in [-0.25, -0.2) is 0 Å². The van der Waals surface area contributed by atoms with Gasteiger partial charge in [0.25, 0.3) is 0 Å². The van der Waals surface area contributed by atoms with Crippen LogP contribution in [0.2, 0.25) is 0 Å². The molecule has 0 rings (SSSR count). The molecule has 0 unspecified atom stereocenters. The molecule has 0 fully saturated rings. The topological polar surface area (TPSA) is 17.1 Å². The molecule has 0 N–H and O–H groups in total. The summed E-state index contributed by atoms with van der Waals surface area (Å²) < 4.78 is 0.141. The van der Waals surface area contributed by atoms with Crippen molar-refractivity contribution in [2.45, 2.75) is 20.8 Å². The zero-order valence-electron chi connectivity index (χ0n) is 7.94. The van der Waals surface area contributed by atoms with E-state index in [4.69, 9.17) is 0 Å². The molecule has 0 radical (unpaired) electrons. The standard InChI is InChI=1S/C8H17Br2OP/c1-4-12(10,5-2,6-3)7-8(9)11/h4-7H2,1-3H3. The van der Waals surface area contributed by atoms with E-state index in [0.29, 0.717) is 6.16 Å². The zero-order chi connectivity index (χ0) is 9.85. The number of carbonyl (C=O) groups is 1. The van der Waals surface area contributed by atoms with Crippen molar-refractivity contribution in [3.8, 4) is 0 Å². The first-order valence-electron chi connectivity index (χ1n) is 4.30. The SMILES string of the molecule is CCP(Br)(CC)(CC)CC(=O)Br. The van der Waals surface area contributed by atoms with Crippen LogP contribution in [0.4, 0.5) is 0 Å². The molecular formula is C8H17Br2OP. The number of carbonyl (C=O) groups excluding carboxylic acids is 1. The van der Waals surface area contributed by atoms with E-state index < -0.39 is 5.31 Å². The van der Waals surface area contributed by atoms with Gasteiger partial charge in [-0.3, -0.25) is 0 Å². The Hall–Kier alpha value is 1.06. The summed E-state index contributed by atoms with van der Waals surface area (Å²) in [7, 11) is 0. The summed E-state index contributed by atoms with van der Waals surface area (Å²) >= 11 is 6.90. The second kappa shape index (κ2) is 4.52. The van der Waals surface area contributed by atoms with Crippen molar-refractivity contribution in [2.24, 2.45) is 0 Å². The van der Waals surface area contributed by atoms with Gasteiger partial charge in [-0.2, -0.15) is 0 Å². The Kier molecular flexibility index (Phi) is 4.92. The van der Waals surface area contributed by atoms with E-state index in [9.17, 15) is 4.79 Å². The van der Waals surface area contributed by atoms with Crippen LogP contribution in [0.5, 0.6) is 0 Å². The predicted octanol–water partition coefficient (Wildman–Crippen LogP) is 3.83. The fraction of sp³-hybridized carbons (Fsp3) is 0.875. The first-order valence-corrected chi connectivity index (χ1v) is 10.1. The molecule has 0 saturated heterocycles. The molecule has 0 bridgehead atoms. The molecule has 74 valence electrons. The fourth-order valence-corrected chi connectivity index (χ4v) is 7.62. The molecule has 0 aromatic rings. The first-order chi connectivity index (χ1) is 5.40. The Morgan fingerprint density at radius 2 is 1.50 bits per heavy atom. The van der Waals surface area contributed by atoms with E-state index in [0.717, 1.165) is 18.5 Å². The average Bonchev–Trinajstić information content (AvgIpc) is 2.04. The minimum atomic E-state index is -1.83. The van der Waals surface area contributed by atoms with Gasteiger partial charge in [0, 0.05) is 0 Å². The zero-order valence-corrected chi connectivity index (χ0v) is 12.0. The summed E-state index contributed by atoms with van der Waals surface area (Å²) in [5.41, 5.74) is 0. The van der Waals surface area contributed by atoms with Crippen molar-refractivity contribution in [1.29, 1.82) is 0 Å². The summed E-state index contributed by atoms with van der Waals surface area (Å²) in [5.74, 6) is 0. The minimum absolute atomic E-state index is 0.141. The van der Waals surface area contributed by atoms with Crippen LogP contribution < -0.4 is 0 Å². The summed E-state index contributed by atoms with van der Waals surface area (Å²) in [6.07, 6.45) is 4.01. The van der Waals surface area contributed by atoms with Crippen LogP contribution in [-0.4, -0.2) is 29.3 Å². The molecule has 0 spiro atoms. The van der Waals surface area contributed by atoms with Gasteiger partial charge in [-0.1, -0.05) is 0 Å². The Balaban J connectivity index is 4.69. The number of halogens is 2.